The fourth-order valence-corrected chi connectivity index (χ4v) is 4.78. The van der Waals surface area contributed by atoms with Gasteiger partial charge < -0.3 is 14.2 Å². The average Bonchev–Trinajstić information content (AvgIpc) is 3.02. The lowest BCUT2D eigenvalue weighted by atomic mass is 9.95. The van der Waals surface area contributed by atoms with Crippen molar-refractivity contribution in [3.63, 3.8) is 0 Å². The number of hydrogen-bond acceptors (Lipinski definition) is 4. The predicted octanol–water partition coefficient (Wildman–Crippen LogP) is 7.39. The molecule has 1 saturated carbocycles. The second-order valence-corrected chi connectivity index (χ2v) is 10.1. The number of ether oxygens (including phenoxy) is 3. The van der Waals surface area contributed by atoms with Gasteiger partial charge in [0.1, 0.15) is 11.9 Å². The van der Waals surface area contributed by atoms with Gasteiger partial charge in [-0.3, -0.25) is 0 Å². The summed E-state index contributed by atoms with van der Waals surface area (Å²) >= 11 is 0. The van der Waals surface area contributed by atoms with E-state index < -0.39 is 0 Å². The van der Waals surface area contributed by atoms with E-state index in [0.717, 1.165) is 55.4 Å². The summed E-state index contributed by atoms with van der Waals surface area (Å²) in [7, 11) is 0. The van der Waals surface area contributed by atoms with E-state index >= 15 is 0 Å². The van der Waals surface area contributed by atoms with Crippen molar-refractivity contribution < 1.29 is 19.0 Å². The number of carbonyl (C=O) groups excluding carboxylic acids is 1. The third kappa shape index (κ3) is 8.33. The molecular weight excluding hydrogens is 496 g/mol. The quantitative estimate of drug-likeness (QED) is 0.129. The topological polar surface area (TPSA) is 44.8 Å². The van der Waals surface area contributed by atoms with Crippen LogP contribution in [-0.4, -0.2) is 25.0 Å². The van der Waals surface area contributed by atoms with Crippen LogP contribution in [0.1, 0.15) is 58.3 Å². The van der Waals surface area contributed by atoms with Crippen molar-refractivity contribution in [3.05, 3.63) is 137 Å². The van der Waals surface area contributed by atoms with Crippen molar-refractivity contribution in [2.24, 2.45) is 0 Å². The third-order valence-corrected chi connectivity index (χ3v) is 7.14. The molecule has 0 aliphatic heterocycles. The Labute approximate surface area is 236 Å². The van der Waals surface area contributed by atoms with Gasteiger partial charge >= 0.3 is 5.97 Å². The zero-order valence-electron chi connectivity index (χ0n) is 22.6. The number of hydrogen-bond donors (Lipinski definition) is 0. The number of esters is 1. The van der Waals surface area contributed by atoms with Crippen LogP contribution in [0.3, 0.4) is 0 Å². The predicted molar refractivity (Wildman–Crippen MR) is 157 cm³/mol. The van der Waals surface area contributed by atoms with Crippen molar-refractivity contribution in [1.29, 1.82) is 0 Å². The Morgan fingerprint density at radius 3 is 1.82 bits per heavy atom. The SMILES string of the molecule is O=C(OC1CCC(OCOc2ccc(CCc3ccccc3)cc2)CC1)c1ccc(C#Cc2ccccc2)cc1. The molecule has 1 fully saturated rings. The third-order valence-electron chi connectivity index (χ3n) is 7.14. The summed E-state index contributed by atoms with van der Waals surface area (Å²) in [6, 6.07) is 35.9. The Morgan fingerprint density at radius 2 is 1.18 bits per heavy atom. The Balaban J connectivity index is 0.987. The van der Waals surface area contributed by atoms with Crippen LogP contribution in [-0.2, 0) is 22.3 Å². The summed E-state index contributed by atoms with van der Waals surface area (Å²) in [5.41, 5.74) is 5.00. The monoisotopic (exact) mass is 530 g/mol. The lowest BCUT2D eigenvalue weighted by Gasteiger charge is -2.28. The molecule has 0 heterocycles. The summed E-state index contributed by atoms with van der Waals surface area (Å²) in [5.74, 6) is 6.77. The Hall–Kier alpha value is -4.33. The van der Waals surface area contributed by atoms with E-state index in [-0.39, 0.29) is 25.0 Å². The van der Waals surface area contributed by atoms with Gasteiger partial charge in [0.2, 0.25) is 0 Å². The Kier molecular flexibility index (Phi) is 9.65. The fourth-order valence-electron chi connectivity index (χ4n) is 4.78. The highest BCUT2D eigenvalue weighted by Gasteiger charge is 2.25. The molecule has 4 nitrogen and oxygen atoms in total. The molecule has 0 N–H and O–H groups in total. The van der Waals surface area contributed by atoms with Crippen LogP contribution in [0, 0.1) is 11.8 Å². The second-order valence-electron chi connectivity index (χ2n) is 10.1. The van der Waals surface area contributed by atoms with E-state index in [1.807, 2.05) is 60.7 Å². The fraction of sp³-hybridized carbons (Fsp3) is 0.250. The van der Waals surface area contributed by atoms with E-state index in [9.17, 15) is 4.79 Å². The van der Waals surface area contributed by atoms with Crippen molar-refractivity contribution >= 4 is 5.97 Å². The van der Waals surface area contributed by atoms with Crippen LogP contribution in [0.4, 0.5) is 0 Å². The molecule has 0 atom stereocenters. The van der Waals surface area contributed by atoms with Crippen molar-refractivity contribution in [2.75, 3.05) is 6.79 Å². The minimum absolute atomic E-state index is 0.0887. The van der Waals surface area contributed by atoms with E-state index in [1.165, 1.54) is 11.1 Å². The van der Waals surface area contributed by atoms with Gasteiger partial charge in [0.15, 0.2) is 6.79 Å². The lowest BCUT2D eigenvalue weighted by Crippen LogP contribution is -2.29. The van der Waals surface area contributed by atoms with Gasteiger partial charge in [0, 0.05) is 11.1 Å². The molecule has 0 saturated heterocycles. The first-order valence-electron chi connectivity index (χ1n) is 14.0. The van der Waals surface area contributed by atoms with Gasteiger partial charge in [-0.15, -0.1) is 0 Å². The van der Waals surface area contributed by atoms with E-state index in [1.54, 1.807) is 12.1 Å². The Morgan fingerprint density at radius 1 is 0.625 bits per heavy atom. The van der Waals surface area contributed by atoms with Gasteiger partial charge in [-0.25, -0.2) is 4.79 Å². The van der Waals surface area contributed by atoms with Gasteiger partial charge in [-0.2, -0.15) is 0 Å². The number of rotatable bonds is 9. The zero-order valence-corrected chi connectivity index (χ0v) is 22.6. The minimum Gasteiger partial charge on any atom is -0.468 e. The first kappa shape index (κ1) is 27.2. The van der Waals surface area contributed by atoms with E-state index in [0.29, 0.717) is 5.56 Å². The molecule has 4 aromatic carbocycles. The van der Waals surface area contributed by atoms with Crippen LogP contribution in [0.2, 0.25) is 0 Å². The van der Waals surface area contributed by atoms with E-state index in [4.69, 9.17) is 14.2 Å². The second kappa shape index (κ2) is 14.2. The van der Waals surface area contributed by atoms with Gasteiger partial charge in [0.25, 0.3) is 0 Å². The molecule has 5 rings (SSSR count). The molecule has 0 radical (unpaired) electrons. The molecule has 202 valence electrons. The van der Waals surface area contributed by atoms with Gasteiger partial charge in [-0.1, -0.05) is 72.5 Å². The first-order valence-corrected chi connectivity index (χ1v) is 14.0. The number of carbonyl (C=O) groups is 1. The molecule has 1 aliphatic rings. The molecule has 0 bridgehead atoms. The van der Waals surface area contributed by atoms with Crippen LogP contribution >= 0.6 is 0 Å². The minimum atomic E-state index is -0.289. The van der Waals surface area contributed by atoms with Crippen LogP contribution < -0.4 is 4.74 Å². The Bertz CT molecular complexity index is 1390. The lowest BCUT2D eigenvalue weighted by molar-refractivity contribution is -0.0666. The molecule has 0 amide bonds. The number of aryl methyl sites for hydroxylation is 2. The van der Waals surface area contributed by atoms with Crippen LogP contribution in [0.5, 0.6) is 5.75 Å². The summed E-state index contributed by atoms with van der Waals surface area (Å²) < 4.78 is 17.5. The highest BCUT2D eigenvalue weighted by Crippen LogP contribution is 2.25. The molecule has 4 aromatic rings. The van der Waals surface area contributed by atoms with Gasteiger partial charge in [-0.05, 0) is 98.2 Å². The molecule has 0 aromatic heterocycles. The largest absolute Gasteiger partial charge is 0.468 e. The zero-order chi connectivity index (χ0) is 27.4. The molecule has 0 unspecified atom stereocenters. The average molecular weight is 531 g/mol. The molecule has 0 spiro atoms. The molecule has 40 heavy (non-hydrogen) atoms. The highest BCUT2D eigenvalue weighted by molar-refractivity contribution is 5.89. The first-order chi connectivity index (χ1) is 19.7. The standard InChI is InChI=1S/C36H34O4/c37-36(32-19-15-30(16-20-32)13-11-28-7-3-1-4-8-28)40-35-25-23-34(24-26-35)39-27-38-33-21-17-31(18-22-33)14-12-29-9-5-2-6-10-29/h1-10,15-22,34-35H,12,14,23-27H2. The number of benzene rings is 4. The molecular formula is C36H34O4. The maximum atomic E-state index is 12.6. The van der Waals surface area contributed by atoms with Crippen LogP contribution in [0.25, 0.3) is 0 Å². The smallest absolute Gasteiger partial charge is 0.338 e. The van der Waals surface area contributed by atoms with Crippen molar-refractivity contribution in [3.8, 4) is 17.6 Å². The summed E-state index contributed by atoms with van der Waals surface area (Å²) in [6.07, 6.45) is 5.31. The van der Waals surface area contributed by atoms with Crippen molar-refractivity contribution in [2.45, 2.75) is 50.7 Å². The maximum Gasteiger partial charge on any atom is 0.338 e. The normalized spacial score (nSPS) is 16.4. The maximum absolute atomic E-state index is 12.6. The van der Waals surface area contributed by atoms with Gasteiger partial charge in [0.05, 0.1) is 11.7 Å². The highest BCUT2D eigenvalue weighted by atomic mass is 16.7. The summed E-state index contributed by atoms with van der Waals surface area (Å²) in [5, 5.41) is 0. The molecule has 4 heteroatoms. The summed E-state index contributed by atoms with van der Waals surface area (Å²) in [6.45, 7) is 0.220. The van der Waals surface area contributed by atoms with Crippen LogP contribution in [0.15, 0.2) is 109 Å². The van der Waals surface area contributed by atoms with E-state index in [2.05, 4.69) is 48.2 Å². The summed E-state index contributed by atoms with van der Waals surface area (Å²) in [4.78, 5) is 12.6. The molecule has 1 aliphatic carbocycles. The van der Waals surface area contributed by atoms with Crippen molar-refractivity contribution in [1.82, 2.24) is 0 Å².